The zero-order chi connectivity index (χ0) is 28.7. The highest BCUT2D eigenvalue weighted by molar-refractivity contribution is 7.18. The molecule has 0 aromatic carbocycles. The van der Waals surface area contributed by atoms with Crippen LogP contribution in [-0.4, -0.2) is 94.7 Å². The number of likely N-dealkylation sites (tertiary alicyclic amines) is 1. The van der Waals surface area contributed by atoms with Gasteiger partial charge < -0.3 is 30.5 Å². The number of halogens is 1. The molecular formula is C28H35ClN8O3S. The van der Waals surface area contributed by atoms with Crippen molar-refractivity contribution < 1.29 is 14.3 Å². The van der Waals surface area contributed by atoms with Crippen LogP contribution < -0.4 is 20.7 Å². The van der Waals surface area contributed by atoms with Crippen LogP contribution >= 0.6 is 22.9 Å². The van der Waals surface area contributed by atoms with E-state index >= 15 is 0 Å². The van der Waals surface area contributed by atoms with Gasteiger partial charge in [0.05, 0.1) is 15.7 Å². The molecule has 0 saturated carbocycles. The van der Waals surface area contributed by atoms with Gasteiger partial charge in [0.1, 0.15) is 28.6 Å². The van der Waals surface area contributed by atoms with E-state index in [2.05, 4.69) is 44.4 Å². The minimum absolute atomic E-state index is 0.0352. The Morgan fingerprint density at radius 3 is 2.76 bits per heavy atom. The maximum absolute atomic E-state index is 13.5. The van der Waals surface area contributed by atoms with Crippen LogP contribution in [0.25, 0.3) is 11.1 Å². The fraction of sp³-hybridized carbons (Fsp3) is 0.500. The fourth-order valence-electron chi connectivity index (χ4n) is 5.94. The normalized spacial score (nSPS) is 20.5. The van der Waals surface area contributed by atoms with Crippen LogP contribution in [0.4, 0.5) is 11.5 Å². The molecule has 41 heavy (non-hydrogen) atoms. The molecule has 0 unspecified atom stereocenters. The van der Waals surface area contributed by atoms with Crippen LogP contribution in [0.5, 0.6) is 5.75 Å². The van der Waals surface area contributed by atoms with E-state index in [4.69, 9.17) is 22.1 Å². The Bertz CT molecular complexity index is 1490. The van der Waals surface area contributed by atoms with Gasteiger partial charge in [-0.1, -0.05) is 17.7 Å². The second-order valence-electron chi connectivity index (χ2n) is 11.1. The number of aromatic nitrogens is 3. The van der Waals surface area contributed by atoms with E-state index < -0.39 is 0 Å². The van der Waals surface area contributed by atoms with Gasteiger partial charge in [0.2, 0.25) is 5.91 Å². The number of nitrogens with zero attached hydrogens (tertiary/aromatic N) is 6. The van der Waals surface area contributed by atoms with Gasteiger partial charge in [-0.25, -0.2) is 9.50 Å². The van der Waals surface area contributed by atoms with Crippen molar-refractivity contribution in [1.29, 1.82) is 0 Å². The number of amides is 2. The molecule has 2 amide bonds. The lowest BCUT2D eigenvalue weighted by atomic mass is 10.0. The first-order valence-corrected chi connectivity index (χ1v) is 15.2. The lowest BCUT2D eigenvalue weighted by Gasteiger charge is -2.34. The van der Waals surface area contributed by atoms with Gasteiger partial charge in [-0.05, 0) is 44.4 Å². The van der Waals surface area contributed by atoms with Crippen LogP contribution in [0.3, 0.4) is 0 Å². The average molecular weight is 599 g/mol. The Morgan fingerprint density at radius 1 is 1.20 bits per heavy atom. The standard InChI is InChI=1S/C28H35ClN8O3S/c1-17(38)35-11-5-18(14-35)21-12-22(25-27(30)31-16-32-37(21)25)36-8-3-4-19(15-36)33-28(39)26-23(13-24(29)41-26)40-20-6-9-34(2)10-7-20/h5,12-13,16,19-20H,3-4,6-11,14-15H2,1-2H3,(H,33,39)(H2,30,31,32)/t19-/m1/s1. The predicted octanol–water partition coefficient (Wildman–Crippen LogP) is 3.14. The second kappa shape index (κ2) is 11.5. The minimum Gasteiger partial charge on any atom is -0.489 e. The van der Waals surface area contributed by atoms with Crippen molar-refractivity contribution in [1.82, 2.24) is 29.7 Å². The number of hydrogen-bond acceptors (Lipinski definition) is 9. The minimum atomic E-state index is -0.164. The SMILES string of the molecule is CC(=O)N1CC=C(c2cc(N3CCC[C@@H](NC(=O)c4sc(Cl)cc4OC4CCN(C)CC4)C3)c3c(N)ncnn23)C1. The molecule has 13 heteroatoms. The van der Waals surface area contributed by atoms with E-state index in [0.29, 0.717) is 40.4 Å². The molecular weight excluding hydrogens is 564 g/mol. The number of ether oxygens (including phenoxy) is 1. The van der Waals surface area contributed by atoms with Crippen molar-refractivity contribution in [2.45, 2.75) is 44.8 Å². The van der Waals surface area contributed by atoms with Crippen molar-refractivity contribution in [2.24, 2.45) is 0 Å². The van der Waals surface area contributed by atoms with Crippen LogP contribution in [0.2, 0.25) is 4.34 Å². The Kier molecular flexibility index (Phi) is 7.80. The molecule has 1 atom stereocenters. The van der Waals surface area contributed by atoms with Crippen molar-refractivity contribution >= 4 is 57.3 Å². The van der Waals surface area contributed by atoms with Gasteiger partial charge in [-0.15, -0.1) is 11.3 Å². The summed E-state index contributed by atoms with van der Waals surface area (Å²) in [5.41, 5.74) is 9.93. The number of carbonyl (C=O) groups is 2. The zero-order valence-corrected chi connectivity index (χ0v) is 24.9. The first-order chi connectivity index (χ1) is 19.8. The first kappa shape index (κ1) is 27.8. The number of anilines is 2. The molecule has 0 bridgehead atoms. The van der Waals surface area contributed by atoms with E-state index in [1.54, 1.807) is 17.9 Å². The number of nitrogen functional groups attached to an aromatic ring is 1. The van der Waals surface area contributed by atoms with Crippen LogP contribution in [-0.2, 0) is 4.79 Å². The summed E-state index contributed by atoms with van der Waals surface area (Å²) >= 11 is 7.59. The first-order valence-electron chi connectivity index (χ1n) is 14.0. The average Bonchev–Trinajstić information content (AvgIpc) is 3.68. The number of fused-ring (bicyclic) bond motifs is 1. The molecule has 2 fully saturated rings. The maximum atomic E-state index is 13.5. The second-order valence-corrected chi connectivity index (χ2v) is 12.8. The molecule has 6 rings (SSSR count). The number of rotatable bonds is 6. The Balaban J connectivity index is 1.19. The number of hydrogen-bond donors (Lipinski definition) is 2. The highest BCUT2D eigenvalue weighted by Crippen LogP contribution is 2.36. The van der Waals surface area contributed by atoms with E-state index in [1.165, 1.54) is 17.7 Å². The lowest BCUT2D eigenvalue weighted by molar-refractivity contribution is -0.127. The van der Waals surface area contributed by atoms with Crippen molar-refractivity contribution in [3.63, 3.8) is 0 Å². The lowest BCUT2D eigenvalue weighted by Crippen LogP contribution is -2.47. The predicted molar refractivity (Wildman–Crippen MR) is 161 cm³/mol. The number of piperidine rings is 2. The Hall–Kier alpha value is -3.35. The zero-order valence-electron chi connectivity index (χ0n) is 23.3. The van der Waals surface area contributed by atoms with Gasteiger partial charge in [0.15, 0.2) is 5.82 Å². The molecule has 3 aromatic heterocycles. The molecule has 218 valence electrons. The highest BCUT2D eigenvalue weighted by Gasteiger charge is 2.30. The van der Waals surface area contributed by atoms with Crippen LogP contribution in [0.1, 0.15) is 48.0 Å². The molecule has 3 aliphatic heterocycles. The molecule has 3 aliphatic rings. The van der Waals surface area contributed by atoms with Gasteiger partial charge in [0, 0.05) is 58.3 Å². The summed E-state index contributed by atoms with van der Waals surface area (Å²) in [6, 6.07) is 3.76. The van der Waals surface area contributed by atoms with Crippen LogP contribution in [0, 0.1) is 0 Å². The van der Waals surface area contributed by atoms with E-state index in [-0.39, 0.29) is 24.0 Å². The molecule has 11 nitrogen and oxygen atoms in total. The molecule has 2 saturated heterocycles. The molecule has 0 radical (unpaired) electrons. The Labute approximate surface area is 247 Å². The van der Waals surface area contributed by atoms with Gasteiger partial charge in [0.25, 0.3) is 5.91 Å². The summed E-state index contributed by atoms with van der Waals surface area (Å²) in [6.07, 6.45) is 7.19. The van der Waals surface area contributed by atoms with Crippen molar-refractivity contribution in [2.75, 3.05) is 56.9 Å². The van der Waals surface area contributed by atoms with Gasteiger partial charge in [-0.2, -0.15) is 5.10 Å². The van der Waals surface area contributed by atoms with Crippen LogP contribution in [0.15, 0.2) is 24.5 Å². The van der Waals surface area contributed by atoms with Crippen molar-refractivity contribution in [3.8, 4) is 5.75 Å². The van der Waals surface area contributed by atoms with E-state index in [1.807, 2.05) is 4.52 Å². The largest absolute Gasteiger partial charge is 0.489 e. The van der Waals surface area contributed by atoms with E-state index in [9.17, 15) is 9.59 Å². The molecule has 3 aromatic rings. The van der Waals surface area contributed by atoms with Gasteiger partial charge in [-0.3, -0.25) is 9.59 Å². The third-order valence-corrected chi connectivity index (χ3v) is 9.43. The molecule has 6 heterocycles. The third-order valence-electron chi connectivity index (χ3n) is 8.19. The molecule has 0 spiro atoms. The maximum Gasteiger partial charge on any atom is 0.265 e. The summed E-state index contributed by atoms with van der Waals surface area (Å²) in [5.74, 6) is 0.825. The molecule has 0 aliphatic carbocycles. The Morgan fingerprint density at radius 2 is 2.00 bits per heavy atom. The summed E-state index contributed by atoms with van der Waals surface area (Å²) < 4.78 is 8.61. The summed E-state index contributed by atoms with van der Waals surface area (Å²) in [6.45, 7) is 6.04. The summed E-state index contributed by atoms with van der Waals surface area (Å²) in [7, 11) is 2.11. The van der Waals surface area contributed by atoms with Gasteiger partial charge >= 0.3 is 0 Å². The number of thiophene rings is 1. The smallest absolute Gasteiger partial charge is 0.265 e. The third kappa shape index (κ3) is 5.73. The summed E-state index contributed by atoms with van der Waals surface area (Å²) in [5, 5.41) is 7.73. The fourth-order valence-corrected chi connectivity index (χ4v) is 6.99. The van der Waals surface area contributed by atoms with E-state index in [0.717, 1.165) is 67.8 Å². The van der Waals surface area contributed by atoms with Crippen molar-refractivity contribution in [3.05, 3.63) is 39.4 Å². The number of nitrogens with one attached hydrogen (secondary N) is 1. The topological polar surface area (TPSA) is 121 Å². The summed E-state index contributed by atoms with van der Waals surface area (Å²) in [4.78, 5) is 36.5. The quantitative estimate of drug-likeness (QED) is 0.444. The highest BCUT2D eigenvalue weighted by atomic mass is 35.5. The monoisotopic (exact) mass is 598 g/mol. The molecule has 3 N–H and O–H groups in total. The number of nitrogens with two attached hydrogens (primary N) is 1. The number of carbonyl (C=O) groups excluding carboxylic acids is 2.